The quantitative estimate of drug-likeness (QED) is 0.876. The largest absolute Gasteiger partial charge is 0.497 e. The third-order valence-corrected chi connectivity index (χ3v) is 2.93. The van der Waals surface area contributed by atoms with E-state index in [2.05, 4.69) is 14.9 Å². The van der Waals surface area contributed by atoms with Crippen LogP contribution in [-0.4, -0.2) is 16.7 Å². The average molecular weight is 229 g/mol. The first-order valence-corrected chi connectivity index (χ1v) is 5.81. The van der Waals surface area contributed by atoms with Crippen molar-refractivity contribution < 1.29 is 4.74 Å². The van der Waals surface area contributed by atoms with Crippen molar-refractivity contribution in [1.82, 2.24) is 9.55 Å². The lowest BCUT2D eigenvalue weighted by Gasteiger charge is -2.09. The van der Waals surface area contributed by atoms with Gasteiger partial charge < -0.3 is 14.6 Å². The Morgan fingerprint density at radius 1 is 1.41 bits per heavy atom. The van der Waals surface area contributed by atoms with E-state index in [1.807, 2.05) is 36.7 Å². The normalized spacial score (nSPS) is 14.6. The van der Waals surface area contributed by atoms with Crippen LogP contribution in [-0.2, 0) is 0 Å². The van der Waals surface area contributed by atoms with Crippen LogP contribution in [0.15, 0.2) is 36.7 Å². The smallest absolute Gasteiger partial charge is 0.207 e. The van der Waals surface area contributed by atoms with Gasteiger partial charge in [0.2, 0.25) is 5.95 Å². The number of methoxy groups -OCH3 is 1. The van der Waals surface area contributed by atoms with Crippen molar-refractivity contribution in [3.05, 3.63) is 36.7 Å². The fourth-order valence-corrected chi connectivity index (χ4v) is 1.89. The molecule has 1 N–H and O–H groups in total. The van der Waals surface area contributed by atoms with E-state index in [1.165, 1.54) is 12.8 Å². The van der Waals surface area contributed by atoms with Crippen molar-refractivity contribution >= 4 is 11.6 Å². The van der Waals surface area contributed by atoms with Crippen molar-refractivity contribution in [3.8, 4) is 5.75 Å². The van der Waals surface area contributed by atoms with Gasteiger partial charge in [-0.1, -0.05) is 6.07 Å². The van der Waals surface area contributed by atoms with Crippen LogP contribution in [0.3, 0.4) is 0 Å². The van der Waals surface area contributed by atoms with E-state index in [9.17, 15) is 0 Å². The van der Waals surface area contributed by atoms with Crippen molar-refractivity contribution in [2.75, 3.05) is 12.4 Å². The van der Waals surface area contributed by atoms with E-state index < -0.39 is 0 Å². The molecule has 0 atom stereocenters. The highest BCUT2D eigenvalue weighted by atomic mass is 16.5. The molecule has 0 unspecified atom stereocenters. The van der Waals surface area contributed by atoms with Crippen LogP contribution < -0.4 is 10.1 Å². The molecule has 4 nitrogen and oxygen atoms in total. The molecule has 1 aliphatic rings. The molecule has 88 valence electrons. The zero-order valence-corrected chi connectivity index (χ0v) is 9.76. The van der Waals surface area contributed by atoms with Crippen LogP contribution in [0.25, 0.3) is 0 Å². The van der Waals surface area contributed by atoms with E-state index in [0.717, 1.165) is 17.4 Å². The lowest BCUT2D eigenvalue weighted by molar-refractivity contribution is 0.415. The van der Waals surface area contributed by atoms with Crippen molar-refractivity contribution in [2.45, 2.75) is 18.9 Å². The van der Waals surface area contributed by atoms with Crippen molar-refractivity contribution in [3.63, 3.8) is 0 Å². The Bertz CT molecular complexity index is 517. The van der Waals surface area contributed by atoms with E-state index in [1.54, 1.807) is 7.11 Å². The maximum Gasteiger partial charge on any atom is 0.207 e. The van der Waals surface area contributed by atoms with Crippen LogP contribution in [0.2, 0.25) is 0 Å². The molecule has 1 aromatic carbocycles. The minimum atomic E-state index is 0.630. The lowest BCUT2D eigenvalue weighted by atomic mass is 10.3. The molecule has 0 spiro atoms. The van der Waals surface area contributed by atoms with Crippen LogP contribution in [0.5, 0.6) is 5.75 Å². The summed E-state index contributed by atoms with van der Waals surface area (Å²) in [4.78, 5) is 4.34. The molecule has 0 bridgehead atoms. The van der Waals surface area contributed by atoms with Gasteiger partial charge in [-0.3, -0.25) is 0 Å². The second kappa shape index (κ2) is 4.13. The molecular formula is C13H15N3O. The fourth-order valence-electron chi connectivity index (χ4n) is 1.89. The molecule has 1 aromatic heterocycles. The van der Waals surface area contributed by atoms with E-state index in [-0.39, 0.29) is 0 Å². The standard InChI is InChI=1S/C13H15N3O/c1-17-12-4-2-3-10(9-12)15-13-14-7-8-16(13)11-5-6-11/h2-4,7-9,11H,5-6H2,1H3,(H,14,15). The molecule has 0 aliphatic heterocycles. The first-order chi connectivity index (χ1) is 8.36. The van der Waals surface area contributed by atoms with Gasteiger partial charge in [-0.25, -0.2) is 4.98 Å². The van der Waals surface area contributed by atoms with Crippen LogP contribution in [0, 0.1) is 0 Å². The summed E-state index contributed by atoms with van der Waals surface area (Å²) in [5.74, 6) is 1.75. The number of nitrogens with zero attached hydrogens (tertiary/aromatic N) is 2. The summed E-state index contributed by atoms with van der Waals surface area (Å²) in [5, 5.41) is 3.32. The summed E-state index contributed by atoms with van der Waals surface area (Å²) in [7, 11) is 1.67. The van der Waals surface area contributed by atoms with E-state index in [0.29, 0.717) is 6.04 Å². The maximum absolute atomic E-state index is 5.20. The third-order valence-electron chi connectivity index (χ3n) is 2.93. The number of imidazole rings is 1. The summed E-state index contributed by atoms with van der Waals surface area (Å²) in [6.45, 7) is 0. The molecule has 1 fully saturated rings. The minimum absolute atomic E-state index is 0.630. The highest BCUT2D eigenvalue weighted by molar-refractivity contribution is 5.56. The Morgan fingerprint density at radius 3 is 3.06 bits per heavy atom. The van der Waals surface area contributed by atoms with Gasteiger partial charge in [-0.2, -0.15) is 0 Å². The Morgan fingerprint density at radius 2 is 2.29 bits per heavy atom. The molecule has 0 saturated heterocycles. The topological polar surface area (TPSA) is 39.1 Å². The molecule has 17 heavy (non-hydrogen) atoms. The van der Waals surface area contributed by atoms with Crippen LogP contribution in [0.4, 0.5) is 11.6 Å². The third kappa shape index (κ3) is 2.11. The van der Waals surface area contributed by atoms with E-state index >= 15 is 0 Å². The Balaban J connectivity index is 1.83. The number of aromatic nitrogens is 2. The average Bonchev–Trinajstić information content (AvgIpc) is 3.11. The molecule has 0 amide bonds. The fraction of sp³-hybridized carbons (Fsp3) is 0.308. The van der Waals surface area contributed by atoms with Gasteiger partial charge in [-0.15, -0.1) is 0 Å². The molecule has 0 radical (unpaired) electrons. The number of ether oxygens (including phenoxy) is 1. The maximum atomic E-state index is 5.20. The summed E-state index contributed by atoms with van der Waals surface area (Å²) in [5.41, 5.74) is 0.998. The summed E-state index contributed by atoms with van der Waals surface area (Å²) in [6.07, 6.45) is 6.37. The van der Waals surface area contributed by atoms with Crippen molar-refractivity contribution in [1.29, 1.82) is 0 Å². The van der Waals surface area contributed by atoms with Crippen molar-refractivity contribution in [2.24, 2.45) is 0 Å². The summed E-state index contributed by atoms with van der Waals surface area (Å²) < 4.78 is 7.39. The van der Waals surface area contributed by atoms with Gasteiger partial charge in [0, 0.05) is 30.2 Å². The molecule has 1 aliphatic carbocycles. The zero-order valence-electron chi connectivity index (χ0n) is 9.76. The Labute approximate surface area is 100 Å². The predicted octanol–water partition coefficient (Wildman–Crippen LogP) is 2.97. The van der Waals surface area contributed by atoms with Crippen LogP contribution in [0.1, 0.15) is 18.9 Å². The number of hydrogen-bond donors (Lipinski definition) is 1. The number of anilines is 2. The molecule has 2 aromatic rings. The molecule has 3 rings (SSSR count). The number of nitrogens with one attached hydrogen (secondary N) is 1. The number of benzene rings is 1. The van der Waals surface area contributed by atoms with Crippen LogP contribution >= 0.6 is 0 Å². The molecule has 1 saturated carbocycles. The zero-order chi connectivity index (χ0) is 11.7. The first kappa shape index (κ1) is 10.2. The molecular weight excluding hydrogens is 214 g/mol. The van der Waals surface area contributed by atoms with Gasteiger partial charge in [-0.05, 0) is 25.0 Å². The minimum Gasteiger partial charge on any atom is -0.497 e. The number of rotatable bonds is 4. The van der Waals surface area contributed by atoms with E-state index in [4.69, 9.17) is 4.74 Å². The van der Waals surface area contributed by atoms with Gasteiger partial charge in [0.15, 0.2) is 0 Å². The first-order valence-electron chi connectivity index (χ1n) is 5.81. The predicted molar refractivity (Wildman–Crippen MR) is 66.8 cm³/mol. The second-order valence-electron chi connectivity index (χ2n) is 4.25. The molecule has 4 heteroatoms. The SMILES string of the molecule is COc1cccc(Nc2nccn2C2CC2)c1. The Kier molecular flexibility index (Phi) is 2.48. The Hall–Kier alpha value is -1.97. The van der Waals surface area contributed by atoms with Gasteiger partial charge in [0.25, 0.3) is 0 Å². The van der Waals surface area contributed by atoms with Gasteiger partial charge in [0.05, 0.1) is 7.11 Å². The lowest BCUT2D eigenvalue weighted by Crippen LogP contribution is -2.01. The summed E-state index contributed by atoms with van der Waals surface area (Å²) in [6, 6.07) is 8.50. The molecule has 1 heterocycles. The summed E-state index contributed by atoms with van der Waals surface area (Å²) >= 11 is 0. The highest BCUT2D eigenvalue weighted by Gasteiger charge is 2.25. The second-order valence-corrected chi connectivity index (χ2v) is 4.25. The highest BCUT2D eigenvalue weighted by Crippen LogP contribution is 2.37. The van der Waals surface area contributed by atoms with Gasteiger partial charge in [0.1, 0.15) is 5.75 Å². The monoisotopic (exact) mass is 229 g/mol. The number of hydrogen-bond acceptors (Lipinski definition) is 3. The van der Waals surface area contributed by atoms with Gasteiger partial charge >= 0.3 is 0 Å².